The highest BCUT2D eigenvalue weighted by Crippen LogP contribution is 2.27. The first kappa shape index (κ1) is 20.6. The second-order valence-electron chi connectivity index (χ2n) is 5.83. The number of hydrogen-bond donors (Lipinski definition) is 3. The summed E-state index contributed by atoms with van der Waals surface area (Å²) in [6, 6.07) is 10.6. The van der Waals surface area contributed by atoms with Gasteiger partial charge in [-0.2, -0.15) is 0 Å². The maximum absolute atomic E-state index is 12.0. The Balaban J connectivity index is 1.63. The summed E-state index contributed by atoms with van der Waals surface area (Å²) in [6.45, 7) is -0.228. The van der Waals surface area contributed by atoms with E-state index in [0.29, 0.717) is 26.5 Å². The van der Waals surface area contributed by atoms with Crippen LogP contribution in [-0.4, -0.2) is 30.4 Å². The molecule has 0 saturated carbocycles. The fourth-order valence-corrected chi connectivity index (χ4v) is 3.01. The maximum atomic E-state index is 12.0. The van der Waals surface area contributed by atoms with Gasteiger partial charge >= 0.3 is 6.03 Å². The normalized spacial score (nSPS) is 13.4. The summed E-state index contributed by atoms with van der Waals surface area (Å²) in [5.74, 6) is -1.53. The van der Waals surface area contributed by atoms with Crippen molar-refractivity contribution in [2.75, 3.05) is 11.9 Å². The standard InChI is InChI=1S/C19H13BrClN3O5/c20-14-8-10(7-13-17(26)23-19(28)24-18(13)27)1-6-15(14)29-9-16(25)22-12-4-2-11(21)3-5-12/h1-8H,9H2,(H,22,25)(H2,23,24,26,27,28). The second-order valence-corrected chi connectivity index (χ2v) is 7.12. The van der Waals surface area contributed by atoms with Crippen LogP contribution >= 0.6 is 27.5 Å². The van der Waals surface area contributed by atoms with Crippen molar-refractivity contribution in [3.63, 3.8) is 0 Å². The fraction of sp³-hybridized carbons (Fsp3) is 0.0526. The lowest BCUT2D eigenvalue weighted by atomic mass is 10.1. The third kappa shape index (κ3) is 5.43. The van der Waals surface area contributed by atoms with Crippen LogP contribution in [0.1, 0.15) is 5.56 Å². The highest BCUT2D eigenvalue weighted by molar-refractivity contribution is 9.10. The van der Waals surface area contributed by atoms with E-state index in [9.17, 15) is 19.2 Å². The van der Waals surface area contributed by atoms with E-state index in [-0.39, 0.29) is 18.1 Å². The molecule has 1 aliphatic rings. The Morgan fingerprint density at radius 1 is 1.07 bits per heavy atom. The zero-order chi connectivity index (χ0) is 21.0. The predicted octanol–water partition coefficient (Wildman–Crippen LogP) is 2.87. The van der Waals surface area contributed by atoms with E-state index in [4.69, 9.17) is 16.3 Å². The SMILES string of the molecule is O=C(COc1ccc(C=C2C(=O)NC(=O)NC2=O)cc1Br)Nc1ccc(Cl)cc1. The summed E-state index contributed by atoms with van der Waals surface area (Å²) in [4.78, 5) is 46.6. The number of ether oxygens (including phenoxy) is 1. The van der Waals surface area contributed by atoms with Gasteiger partial charge in [0.25, 0.3) is 17.7 Å². The lowest BCUT2D eigenvalue weighted by Gasteiger charge is -2.14. The third-order valence-electron chi connectivity index (χ3n) is 3.70. The van der Waals surface area contributed by atoms with Gasteiger partial charge in [-0.3, -0.25) is 25.0 Å². The molecule has 1 fully saturated rings. The molecule has 0 aliphatic carbocycles. The molecule has 3 rings (SSSR count). The average molecular weight is 479 g/mol. The van der Waals surface area contributed by atoms with Crippen LogP contribution in [0.5, 0.6) is 5.75 Å². The smallest absolute Gasteiger partial charge is 0.328 e. The van der Waals surface area contributed by atoms with Crippen LogP contribution in [0.3, 0.4) is 0 Å². The summed E-state index contributed by atoms with van der Waals surface area (Å²) in [5.41, 5.74) is 0.906. The van der Waals surface area contributed by atoms with Crippen LogP contribution < -0.4 is 20.7 Å². The summed E-state index contributed by atoms with van der Waals surface area (Å²) in [6.07, 6.45) is 1.33. The van der Waals surface area contributed by atoms with Crippen LogP contribution in [0.4, 0.5) is 10.5 Å². The van der Waals surface area contributed by atoms with E-state index in [2.05, 4.69) is 21.2 Å². The van der Waals surface area contributed by atoms with Crippen LogP contribution in [0, 0.1) is 0 Å². The lowest BCUT2D eigenvalue weighted by Crippen LogP contribution is -2.51. The molecule has 0 spiro atoms. The molecule has 0 radical (unpaired) electrons. The Morgan fingerprint density at radius 2 is 1.72 bits per heavy atom. The Morgan fingerprint density at radius 3 is 2.34 bits per heavy atom. The summed E-state index contributed by atoms with van der Waals surface area (Å²) < 4.78 is 6.00. The Hall–Kier alpha value is -3.17. The zero-order valence-electron chi connectivity index (χ0n) is 14.6. The van der Waals surface area contributed by atoms with Gasteiger partial charge in [0.15, 0.2) is 6.61 Å². The quantitative estimate of drug-likeness (QED) is 0.452. The molecule has 148 valence electrons. The molecule has 0 unspecified atom stereocenters. The largest absolute Gasteiger partial charge is 0.483 e. The molecule has 2 aromatic carbocycles. The van der Waals surface area contributed by atoms with E-state index < -0.39 is 17.8 Å². The monoisotopic (exact) mass is 477 g/mol. The molecule has 8 nitrogen and oxygen atoms in total. The molecule has 2 aromatic rings. The van der Waals surface area contributed by atoms with Crippen LogP contribution in [0.2, 0.25) is 5.02 Å². The van der Waals surface area contributed by atoms with Crippen LogP contribution in [-0.2, 0) is 14.4 Å². The number of barbiturate groups is 1. The Kier molecular flexibility index (Phi) is 6.30. The Bertz CT molecular complexity index is 1010. The molecule has 1 aliphatic heterocycles. The van der Waals surface area contributed by atoms with Gasteiger partial charge < -0.3 is 10.1 Å². The van der Waals surface area contributed by atoms with Gasteiger partial charge in [0.1, 0.15) is 11.3 Å². The molecular weight excluding hydrogens is 466 g/mol. The topological polar surface area (TPSA) is 114 Å². The van der Waals surface area contributed by atoms with Gasteiger partial charge in [0.2, 0.25) is 0 Å². The number of rotatable bonds is 5. The first-order valence-electron chi connectivity index (χ1n) is 8.18. The molecule has 0 atom stereocenters. The highest BCUT2D eigenvalue weighted by Gasteiger charge is 2.27. The minimum atomic E-state index is -0.862. The number of imide groups is 2. The minimum Gasteiger partial charge on any atom is -0.483 e. The molecule has 5 amide bonds. The molecule has 1 saturated heterocycles. The lowest BCUT2D eigenvalue weighted by molar-refractivity contribution is -0.124. The van der Waals surface area contributed by atoms with Crippen molar-refractivity contribution in [2.24, 2.45) is 0 Å². The van der Waals surface area contributed by atoms with Crippen molar-refractivity contribution in [1.82, 2.24) is 10.6 Å². The van der Waals surface area contributed by atoms with Crippen molar-refractivity contribution < 1.29 is 23.9 Å². The zero-order valence-corrected chi connectivity index (χ0v) is 17.0. The molecule has 3 N–H and O–H groups in total. The number of anilines is 1. The molecule has 10 heteroatoms. The van der Waals surface area contributed by atoms with Crippen LogP contribution in [0.15, 0.2) is 52.5 Å². The fourth-order valence-electron chi connectivity index (χ4n) is 2.37. The van der Waals surface area contributed by atoms with E-state index >= 15 is 0 Å². The van der Waals surface area contributed by atoms with Gasteiger partial charge in [-0.15, -0.1) is 0 Å². The van der Waals surface area contributed by atoms with Gasteiger partial charge in [-0.05, 0) is 64.0 Å². The summed E-state index contributed by atoms with van der Waals surface area (Å²) in [7, 11) is 0. The van der Waals surface area contributed by atoms with Gasteiger partial charge in [-0.1, -0.05) is 17.7 Å². The number of benzene rings is 2. The molecule has 0 aromatic heterocycles. The number of carbonyl (C=O) groups excluding carboxylic acids is 4. The first-order chi connectivity index (χ1) is 13.8. The van der Waals surface area contributed by atoms with Crippen molar-refractivity contribution in [3.8, 4) is 5.75 Å². The van der Waals surface area contributed by atoms with Crippen molar-refractivity contribution in [3.05, 3.63) is 63.1 Å². The predicted molar refractivity (Wildman–Crippen MR) is 109 cm³/mol. The highest BCUT2D eigenvalue weighted by atomic mass is 79.9. The number of nitrogens with one attached hydrogen (secondary N) is 3. The number of halogens is 2. The van der Waals surface area contributed by atoms with E-state index in [1.165, 1.54) is 6.08 Å². The molecule has 29 heavy (non-hydrogen) atoms. The molecular formula is C19H13BrClN3O5. The van der Waals surface area contributed by atoms with Gasteiger partial charge in [-0.25, -0.2) is 4.79 Å². The summed E-state index contributed by atoms with van der Waals surface area (Å²) >= 11 is 9.12. The Labute approximate surface area is 178 Å². The van der Waals surface area contributed by atoms with Crippen molar-refractivity contribution in [2.45, 2.75) is 0 Å². The number of carbonyl (C=O) groups is 4. The third-order valence-corrected chi connectivity index (χ3v) is 4.57. The average Bonchev–Trinajstić information content (AvgIpc) is 2.66. The first-order valence-corrected chi connectivity index (χ1v) is 9.35. The minimum absolute atomic E-state index is 0.201. The van der Waals surface area contributed by atoms with Gasteiger partial charge in [0, 0.05) is 10.7 Å². The molecule has 0 bridgehead atoms. The summed E-state index contributed by atoms with van der Waals surface area (Å²) in [5, 5.41) is 7.23. The van der Waals surface area contributed by atoms with Gasteiger partial charge in [0.05, 0.1) is 4.47 Å². The van der Waals surface area contributed by atoms with E-state index in [1.807, 2.05) is 10.6 Å². The number of hydrogen-bond acceptors (Lipinski definition) is 5. The van der Waals surface area contributed by atoms with Crippen molar-refractivity contribution >= 4 is 63.0 Å². The van der Waals surface area contributed by atoms with E-state index in [0.717, 1.165) is 0 Å². The number of urea groups is 1. The second kappa shape index (κ2) is 8.89. The van der Waals surface area contributed by atoms with E-state index in [1.54, 1.807) is 42.5 Å². The maximum Gasteiger partial charge on any atom is 0.328 e. The molecule has 1 heterocycles. The number of amides is 5. The van der Waals surface area contributed by atoms with Crippen molar-refractivity contribution in [1.29, 1.82) is 0 Å². The van der Waals surface area contributed by atoms with Crippen LogP contribution in [0.25, 0.3) is 6.08 Å².